The summed E-state index contributed by atoms with van der Waals surface area (Å²) in [5, 5.41) is 8.74. The normalized spacial score (nSPS) is 11.9. The van der Waals surface area contributed by atoms with Gasteiger partial charge in [0.15, 0.2) is 0 Å². The molecule has 5 heteroatoms. The highest BCUT2D eigenvalue weighted by Gasteiger charge is 2.11. The summed E-state index contributed by atoms with van der Waals surface area (Å²) in [4.78, 5) is 2.14. The molecule has 0 amide bonds. The van der Waals surface area contributed by atoms with Crippen molar-refractivity contribution in [1.29, 1.82) is 5.26 Å². The van der Waals surface area contributed by atoms with E-state index < -0.39 is 0 Å². The van der Waals surface area contributed by atoms with Crippen molar-refractivity contribution in [3.8, 4) is 6.07 Å². The molecule has 0 saturated heterocycles. The average molecular weight is 326 g/mol. The first-order chi connectivity index (χ1) is 9.10. The van der Waals surface area contributed by atoms with E-state index in [0.29, 0.717) is 19.6 Å². The Hall–Kier alpha value is -1.09. The lowest BCUT2D eigenvalue weighted by Gasteiger charge is -2.25. The summed E-state index contributed by atoms with van der Waals surface area (Å²) < 4.78 is 6.11. The van der Waals surface area contributed by atoms with Crippen molar-refractivity contribution in [3.05, 3.63) is 28.2 Å². The van der Waals surface area contributed by atoms with Crippen LogP contribution in [0.25, 0.3) is 0 Å². The lowest BCUT2D eigenvalue weighted by molar-refractivity contribution is 0.205. The van der Waals surface area contributed by atoms with Crippen molar-refractivity contribution in [2.45, 2.75) is 19.4 Å². The van der Waals surface area contributed by atoms with E-state index in [2.05, 4.69) is 26.9 Å². The van der Waals surface area contributed by atoms with Crippen molar-refractivity contribution < 1.29 is 4.74 Å². The van der Waals surface area contributed by atoms with Gasteiger partial charge in [-0.15, -0.1) is 0 Å². The van der Waals surface area contributed by atoms with Gasteiger partial charge in [0.05, 0.1) is 24.8 Å². The third-order valence-electron chi connectivity index (χ3n) is 2.90. The number of rotatable bonds is 7. The van der Waals surface area contributed by atoms with Gasteiger partial charge in [0.2, 0.25) is 0 Å². The highest BCUT2D eigenvalue weighted by atomic mass is 79.9. The Kier molecular flexibility index (Phi) is 6.85. The second kappa shape index (κ2) is 8.16. The topological polar surface area (TPSA) is 62.3 Å². The summed E-state index contributed by atoms with van der Waals surface area (Å²) in [5.74, 6) is 0. The van der Waals surface area contributed by atoms with Crippen LogP contribution in [0.3, 0.4) is 0 Å². The molecule has 0 heterocycles. The number of methoxy groups -OCH3 is 1. The Balaban J connectivity index is 2.91. The number of nitrogens with zero attached hydrogens (tertiary/aromatic N) is 2. The summed E-state index contributed by atoms with van der Waals surface area (Å²) >= 11 is 3.58. The summed E-state index contributed by atoms with van der Waals surface area (Å²) in [6, 6.07) is 8.28. The molecule has 1 unspecified atom stereocenters. The van der Waals surface area contributed by atoms with Crippen LogP contribution in [0.5, 0.6) is 0 Å². The van der Waals surface area contributed by atoms with Crippen LogP contribution >= 0.6 is 15.9 Å². The molecule has 2 N–H and O–H groups in total. The minimum Gasteiger partial charge on any atom is -0.383 e. The fourth-order valence-corrected chi connectivity index (χ4v) is 2.45. The SMILES string of the molecule is COCCN(CCC#N)c1ccc(C(C)N)cc1Br. The van der Waals surface area contributed by atoms with E-state index in [1.807, 2.05) is 25.1 Å². The molecule has 0 aromatic heterocycles. The standard InChI is InChI=1S/C14H20BrN3O/c1-11(17)12-4-5-14(13(15)10-12)18(7-3-6-16)8-9-19-2/h4-5,10-11H,3,7-9,17H2,1-2H3. The second-order valence-electron chi connectivity index (χ2n) is 4.39. The Bertz CT molecular complexity index is 443. The molecule has 0 spiro atoms. The number of halogens is 1. The van der Waals surface area contributed by atoms with E-state index in [0.717, 1.165) is 22.3 Å². The van der Waals surface area contributed by atoms with Crippen LogP contribution in [0.4, 0.5) is 5.69 Å². The molecule has 0 bridgehead atoms. The van der Waals surface area contributed by atoms with Crippen molar-refractivity contribution in [2.24, 2.45) is 5.73 Å². The number of ether oxygens (including phenoxy) is 1. The average Bonchev–Trinajstić information content (AvgIpc) is 2.39. The summed E-state index contributed by atoms with van der Waals surface area (Å²) in [6.07, 6.45) is 0.491. The van der Waals surface area contributed by atoms with Crippen molar-refractivity contribution >= 4 is 21.6 Å². The first-order valence-corrected chi connectivity index (χ1v) is 7.05. The van der Waals surface area contributed by atoms with E-state index in [-0.39, 0.29) is 6.04 Å². The van der Waals surface area contributed by atoms with Crippen LogP contribution in [-0.2, 0) is 4.74 Å². The Labute approximate surface area is 123 Å². The van der Waals surface area contributed by atoms with E-state index in [4.69, 9.17) is 15.7 Å². The Morgan fingerprint density at radius 3 is 2.74 bits per heavy atom. The monoisotopic (exact) mass is 325 g/mol. The van der Waals surface area contributed by atoms with E-state index in [9.17, 15) is 0 Å². The zero-order chi connectivity index (χ0) is 14.3. The Morgan fingerprint density at radius 2 is 2.21 bits per heavy atom. The van der Waals surface area contributed by atoms with Gasteiger partial charge in [-0.3, -0.25) is 0 Å². The maximum Gasteiger partial charge on any atom is 0.0640 e. The van der Waals surface area contributed by atoms with E-state index in [1.165, 1.54) is 0 Å². The summed E-state index contributed by atoms with van der Waals surface area (Å²) in [7, 11) is 1.68. The van der Waals surface area contributed by atoms with Crippen molar-refractivity contribution in [2.75, 3.05) is 31.7 Å². The van der Waals surface area contributed by atoms with Gasteiger partial charge in [0.25, 0.3) is 0 Å². The molecule has 0 saturated carbocycles. The first kappa shape index (κ1) is 16.0. The van der Waals surface area contributed by atoms with Gasteiger partial charge < -0.3 is 15.4 Å². The number of anilines is 1. The number of hydrogen-bond donors (Lipinski definition) is 1. The molecule has 0 aliphatic rings. The van der Waals surface area contributed by atoms with Crippen LogP contribution in [0.15, 0.2) is 22.7 Å². The quantitative estimate of drug-likeness (QED) is 0.837. The molecule has 1 aromatic rings. The fraction of sp³-hybridized carbons (Fsp3) is 0.500. The third-order valence-corrected chi connectivity index (χ3v) is 3.53. The van der Waals surface area contributed by atoms with Gasteiger partial charge in [-0.25, -0.2) is 0 Å². The predicted octanol–water partition coefficient (Wildman–Crippen LogP) is 2.84. The Morgan fingerprint density at radius 1 is 1.47 bits per heavy atom. The van der Waals surface area contributed by atoms with Crippen LogP contribution in [0.1, 0.15) is 24.9 Å². The lowest BCUT2D eigenvalue weighted by atomic mass is 10.1. The van der Waals surface area contributed by atoms with Gasteiger partial charge in [-0.05, 0) is 40.5 Å². The molecule has 0 fully saturated rings. The largest absolute Gasteiger partial charge is 0.383 e. The smallest absolute Gasteiger partial charge is 0.0640 e. The molecule has 1 aromatic carbocycles. The van der Waals surface area contributed by atoms with E-state index >= 15 is 0 Å². The van der Waals surface area contributed by atoms with Crippen LogP contribution in [-0.4, -0.2) is 26.8 Å². The van der Waals surface area contributed by atoms with Crippen LogP contribution < -0.4 is 10.6 Å². The van der Waals surface area contributed by atoms with Crippen molar-refractivity contribution in [1.82, 2.24) is 0 Å². The molecular formula is C14H20BrN3O. The second-order valence-corrected chi connectivity index (χ2v) is 5.24. The molecule has 1 rings (SSSR count). The zero-order valence-electron chi connectivity index (χ0n) is 11.4. The van der Waals surface area contributed by atoms with Crippen LogP contribution in [0, 0.1) is 11.3 Å². The van der Waals surface area contributed by atoms with Crippen molar-refractivity contribution in [3.63, 3.8) is 0 Å². The van der Waals surface area contributed by atoms with Gasteiger partial charge in [-0.2, -0.15) is 5.26 Å². The van der Waals surface area contributed by atoms with Gasteiger partial charge in [0, 0.05) is 30.7 Å². The van der Waals surface area contributed by atoms with Gasteiger partial charge in [-0.1, -0.05) is 6.07 Å². The number of nitriles is 1. The first-order valence-electron chi connectivity index (χ1n) is 6.26. The molecule has 0 aliphatic carbocycles. The van der Waals surface area contributed by atoms with Gasteiger partial charge >= 0.3 is 0 Å². The predicted molar refractivity (Wildman–Crippen MR) is 81.1 cm³/mol. The molecule has 1 atom stereocenters. The third kappa shape index (κ3) is 4.83. The number of hydrogen-bond acceptors (Lipinski definition) is 4. The van der Waals surface area contributed by atoms with E-state index in [1.54, 1.807) is 7.11 Å². The number of benzene rings is 1. The van der Waals surface area contributed by atoms with Gasteiger partial charge in [0.1, 0.15) is 0 Å². The molecule has 19 heavy (non-hydrogen) atoms. The molecule has 0 aliphatic heterocycles. The fourth-order valence-electron chi connectivity index (χ4n) is 1.80. The highest BCUT2D eigenvalue weighted by molar-refractivity contribution is 9.10. The lowest BCUT2D eigenvalue weighted by Crippen LogP contribution is -2.28. The molecule has 0 radical (unpaired) electrons. The molecular weight excluding hydrogens is 306 g/mol. The molecule has 104 valence electrons. The summed E-state index contributed by atoms with van der Waals surface area (Å²) in [6.45, 7) is 4.04. The maximum atomic E-state index is 8.74. The minimum absolute atomic E-state index is 0.0110. The minimum atomic E-state index is 0.0110. The molecule has 4 nitrogen and oxygen atoms in total. The highest BCUT2D eigenvalue weighted by Crippen LogP contribution is 2.29. The summed E-state index contributed by atoms with van der Waals surface area (Å²) in [5.41, 5.74) is 8.02. The zero-order valence-corrected chi connectivity index (χ0v) is 13.0. The number of nitrogens with two attached hydrogens (primary N) is 1. The maximum absolute atomic E-state index is 8.74. The van der Waals surface area contributed by atoms with Crippen LogP contribution in [0.2, 0.25) is 0 Å².